The summed E-state index contributed by atoms with van der Waals surface area (Å²) in [6.45, 7) is 2.49. The van der Waals surface area contributed by atoms with Gasteiger partial charge in [-0.25, -0.2) is 0 Å². The molecule has 0 fully saturated rings. The fourth-order valence-electron chi connectivity index (χ4n) is 1.12. The van der Waals surface area contributed by atoms with Crippen molar-refractivity contribution in [1.29, 1.82) is 0 Å². The van der Waals surface area contributed by atoms with Crippen molar-refractivity contribution < 1.29 is 0 Å². The van der Waals surface area contributed by atoms with E-state index >= 15 is 0 Å². The highest BCUT2D eigenvalue weighted by Crippen LogP contribution is 2.13. The predicted molar refractivity (Wildman–Crippen MR) is 58.9 cm³/mol. The van der Waals surface area contributed by atoms with Crippen LogP contribution < -0.4 is 10.6 Å². The standard InChI is InChI=1S/C11H15N3/c1-4-7-14(3)10-5-6-11(9(2)12)13-8-10/h1,5-6,8-9H,7,12H2,2-3H3/t9-/m0/s1. The smallest absolute Gasteiger partial charge is 0.0789 e. The van der Waals surface area contributed by atoms with Crippen LogP contribution in [0.3, 0.4) is 0 Å². The minimum Gasteiger partial charge on any atom is -0.362 e. The number of pyridine rings is 1. The van der Waals surface area contributed by atoms with E-state index < -0.39 is 0 Å². The monoisotopic (exact) mass is 189 g/mol. The van der Waals surface area contributed by atoms with Crippen molar-refractivity contribution in [2.24, 2.45) is 5.73 Å². The van der Waals surface area contributed by atoms with Gasteiger partial charge >= 0.3 is 0 Å². The molecular formula is C11H15N3. The van der Waals surface area contributed by atoms with Gasteiger partial charge < -0.3 is 10.6 Å². The molecule has 0 aliphatic carbocycles. The lowest BCUT2D eigenvalue weighted by Gasteiger charge is -2.16. The number of nitrogens with two attached hydrogens (primary N) is 1. The molecule has 0 unspecified atom stereocenters. The molecule has 0 saturated carbocycles. The highest BCUT2D eigenvalue weighted by Gasteiger charge is 2.02. The first kappa shape index (κ1) is 10.6. The maximum Gasteiger partial charge on any atom is 0.0789 e. The Balaban J connectivity index is 2.78. The number of hydrogen-bond acceptors (Lipinski definition) is 3. The van der Waals surface area contributed by atoms with Gasteiger partial charge in [-0.3, -0.25) is 4.98 Å². The number of terminal acetylenes is 1. The summed E-state index contributed by atoms with van der Waals surface area (Å²) >= 11 is 0. The van der Waals surface area contributed by atoms with Gasteiger partial charge in [-0.2, -0.15) is 0 Å². The van der Waals surface area contributed by atoms with Crippen molar-refractivity contribution in [3.8, 4) is 12.3 Å². The number of nitrogens with zero attached hydrogens (tertiary/aromatic N) is 2. The summed E-state index contributed by atoms with van der Waals surface area (Å²) in [4.78, 5) is 6.20. The van der Waals surface area contributed by atoms with E-state index in [1.165, 1.54) is 0 Å². The van der Waals surface area contributed by atoms with Crippen LogP contribution in [-0.4, -0.2) is 18.6 Å². The molecule has 0 aromatic carbocycles. The van der Waals surface area contributed by atoms with Crippen molar-refractivity contribution in [3.05, 3.63) is 24.0 Å². The van der Waals surface area contributed by atoms with Gasteiger partial charge in [0.05, 0.1) is 24.1 Å². The zero-order valence-electron chi connectivity index (χ0n) is 8.57. The van der Waals surface area contributed by atoms with Crippen LogP contribution in [0.5, 0.6) is 0 Å². The van der Waals surface area contributed by atoms with E-state index in [-0.39, 0.29) is 6.04 Å². The van der Waals surface area contributed by atoms with Crippen LogP contribution in [0.25, 0.3) is 0 Å². The predicted octanol–water partition coefficient (Wildman–Crippen LogP) is 1.17. The van der Waals surface area contributed by atoms with E-state index in [0.29, 0.717) is 6.54 Å². The van der Waals surface area contributed by atoms with Gasteiger partial charge in [-0.15, -0.1) is 6.42 Å². The lowest BCUT2D eigenvalue weighted by atomic mass is 10.2. The van der Waals surface area contributed by atoms with Crippen LogP contribution >= 0.6 is 0 Å². The van der Waals surface area contributed by atoms with Crippen LogP contribution in [0.4, 0.5) is 5.69 Å². The second-order valence-corrected chi connectivity index (χ2v) is 3.29. The van der Waals surface area contributed by atoms with Gasteiger partial charge in [0.2, 0.25) is 0 Å². The molecule has 3 heteroatoms. The van der Waals surface area contributed by atoms with Gasteiger partial charge in [-0.05, 0) is 19.1 Å². The topological polar surface area (TPSA) is 42.1 Å². The molecule has 0 saturated heterocycles. The molecule has 3 nitrogen and oxygen atoms in total. The van der Waals surface area contributed by atoms with Crippen molar-refractivity contribution in [3.63, 3.8) is 0 Å². The van der Waals surface area contributed by atoms with Crippen molar-refractivity contribution in [2.45, 2.75) is 13.0 Å². The van der Waals surface area contributed by atoms with E-state index in [9.17, 15) is 0 Å². The van der Waals surface area contributed by atoms with E-state index in [0.717, 1.165) is 11.4 Å². The first-order valence-electron chi connectivity index (χ1n) is 4.51. The first-order chi connectivity index (χ1) is 6.65. The lowest BCUT2D eigenvalue weighted by Crippen LogP contribution is -2.17. The van der Waals surface area contributed by atoms with Gasteiger partial charge in [0.15, 0.2) is 0 Å². The zero-order chi connectivity index (χ0) is 10.6. The molecule has 0 aliphatic heterocycles. The number of rotatable bonds is 3. The third-order valence-corrected chi connectivity index (χ3v) is 2.01. The van der Waals surface area contributed by atoms with E-state index in [1.54, 1.807) is 6.20 Å². The second-order valence-electron chi connectivity index (χ2n) is 3.29. The van der Waals surface area contributed by atoms with Gasteiger partial charge in [-0.1, -0.05) is 5.92 Å². The number of anilines is 1. The Morgan fingerprint density at radius 1 is 1.64 bits per heavy atom. The summed E-state index contributed by atoms with van der Waals surface area (Å²) in [7, 11) is 1.93. The maximum atomic E-state index is 5.69. The normalized spacial score (nSPS) is 11.9. The van der Waals surface area contributed by atoms with Crippen molar-refractivity contribution >= 4 is 5.69 Å². The van der Waals surface area contributed by atoms with Crippen LogP contribution in [0.2, 0.25) is 0 Å². The summed E-state index contributed by atoms with van der Waals surface area (Å²) in [6.07, 6.45) is 7.00. The van der Waals surface area contributed by atoms with Crippen LogP contribution in [-0.2, 0) is 0 Å². The van der Waals surface area contributed by atoms with Crippen molar-refractivity contribution in [2.75, 3.05) is 18.5 Å². The molecular weight excluding hydrogens is 174 g/mol. The Bertz CT molecular complexity index is 321. The van der Waals surface area contributed by atoms with E-state index in [4.69, 9.17) is 12.2 Å². The molecule has 14 heavy (non-hydrogen) atoms. The van der Waals surface area contributed by atoms with Crippen molar-refractivity contribution in [1.82, 2.24) is 4.98 Å². The molecule has 1 atom stereocenters. The Kier molecular flexibility index (Phi) is 3.49. The average molecular weight is 189 g/mol. The fraction of sp³-hybridized carbons (Fsp3) is 0.364. The summed E-state index contributed by atoms with van der Waals surface area (Å²) in [6, 6.07) is 3.87. The van der Waals surface area contributed by atoms with E-state index in [2.05, 4.69) is 10.9 Å². The lowest BCUT2D eigenvalue weighted by molar-refractivity contribution is 0.780. The molecule has 0 amide bonds. The Labute approximate surface area is 84.9 Å². The molecule has 1 rings (SSSR count). The molecule has 0 radical (unpaired) electrons. The molecule has 0 spiro atoms. The van der Waals surface area contributed by atoms with Gasteiger partial charge in [0, 0.05) is 13.1 Å². The van der Waals surface area contributed by atoms with Gasteiger partial charge in [0.25, 0.3) is 0 Å². The first-order valence-corrected chi connectivity index (χ1v) is 4.51. The molecule has 0 aliphatic rings. The molecule has 1 aromatic rings. The summed E-state index contributed by atoms with van der Waals surface area (Å²) < 4.78 is 0. The van der Waals surface area contributed by atoms with E-state index in [1.807, 2.05) is 31.0 Å². The minimum absolute atomic E-state index is 0.0259. The quantitative estimate of drug-likeness (QED) is 0.726. The third kappa shape index (κ3) is 2.48. The Morgan fingerprint density at radius 2 is 2.36 bits per heavy atom. The maximum absolute atomic E-state index is 5.69. The molecule has 0 bridgehead atoms. The average Bonchev–Trinajstić information content (AvgIpc) is 2.18. The number of hydrogen-bond donors (Lipinski definition) is 1. The van der Waals surface area contributed by atoms with Gasteiger partial charge in [0.1, 0.15) is 0 Å². The highest BCUT2D eigenvalue weighted by atomic mass is 15.1. The van der Waals surface area contributed by atoms with Crippen LogP contribution in [0, 0.1) is 12.3 Å². The Hall–Kier alpha value is -1.53. The zero-order valence-corrected chi connectivity index (χ0v) is 8.57. The molecule has 2 N–H and O–H groups in total. The third-order valence-electron chi connectivity index (χ3n) is 2.01. The Morgan fingerprint density at radius 3 is 2.79 bits per heavy atom. The molecule has 1 aromatic heterocycles. The fourth-order valence-corrected chi connectivity index (χ4v) is 1.12. The number of aromatic nitrogens is 1. The second kappa shape index (κ2) is 4.64. The van der Waals surface area contributed by atoms with Crippen LogP contribution in [0.1, 0.15) is 18.7 Å². The molecule has 74 valence electrons. The van der Waals surface area contributed by atoms with Crippen LogP contribution in [0.15, 0.2) is 18.3 Å². The highest BCUT2D eigenvalue weighted by molar-refractivity contribution is 5.44. The minimum atomic E-state index is -0.0259. The summed E-state index contributed by atoms with van der Waals surface area (Å²) in [5.74, 6) is 2.58. The molecule has 1 heterocycles. The summed E-state index contributed by atoms with van der Waals surface area (Å²) in [5.41, 5.74) is 7.59. The summed E-state index contributed by atoms with van der Waals surface area (Å²) in [5, 5.41) is 0. The SMILES string of the molecule is C#CCN(C)c1ccc([C@H](C)N)nc1. The largest absolute Gasteiger partial charge is 0.362 e.